The average molecular weight is 383 g/mol. The highest BCUT2D eigenvalue weighted by molar-refractivity contribution is 7.22. The second-order valence-electron chi connectivity index (χ2n) is 7.37. The molecule has 0 aliphatic heterocycles. The number of anilines is 1. The number of nitrogens with zero attached hydrogens (tertiary/aromatic N) is 3. The minimum atomic E-state index is 0.547. The summed E-state index contributed by atoms with van der Waals surface area (Å²) in [7, 11) is 6.04. The summed E-state index contributed by atoms with van der Waals surface area (Å²) < 4.78 is 5.81. The highest BCUT2D eigenvalue weighted by Gasteiger charge is 2.28. The number of benzene rings is 1. The first kappa shape index (κ1) is 18.2. The molecule has 0 unspecified atom stereocenters. The van der Waals surface area contributed by atoms with Gasteiger partial charge in [-0.15, -0.1) is 11.3 Å². The minimum Gasteiger partial charge on any atom is -0.492 e. The van der Waals surface area contributed by atoms with E-state index in [0.29, 0.717) is 12.5 Å². The zero-order chi connectivity index (χ0) is 19.0. The lowest BCUT2D eigenvalue weighted by atomic mass is 10.1. The first-order chi connectivity index (χ1) is 13.1. The largest absolute Gasteiger partial charge is 0.492 e. The fourth-order valence-corrected chi connectivity index (χ4v) is 4.38. The van der Waals surface area contributed by atoms with Crippen LogP contribution in [-0.2, 0) is 0 Å². The van der Waals surface area contributed by atoms with Gasteiger partial charge in [0.25, 0.3) is 0 Å². The minimum absolute atomic E-state index is 0.547. The third kappa shape index (κ3) is 3.77. The van der Waals surface area contributed by atoms with Gasteiger partial charge in [0.1, 0.15) is 28.8 Å². The van der Waals surface area contributed by atoms with Crippen LogP contribution in [-0.4, -0.2) is 49.2 Å². The molecule has 0 saturated heterocycles. The number of likely N-dealkylation sites (N-methyl/N-ethyl adjacent to an activating group) is 1. The molecule has 142 valence electrons. The highest BCUT2D eigenvalue weighted by atomic mass is 32.1. The van der Waals surface area contributed by atoms with Gasteiger partial charge in [-0.1, -0.05) is 0 Å². The Morgan fingerprint density at radius 2 is 1.93 bits per heavy atom. The number of hydrogen-bond acceptors (Lipinski definition) is 6. The van der Waals surface area contributed by atoms with Crippen LogP contribution >= 0.6 is 11.3 Å². The Kier molecular flexibility index (Phi) is 5.02. The first-order valence-electron chi connectivity index (χ1n) is 9.43. The van der Waals surface area contributed by atoms with E-state index in [1.54, 1.807) is 11.3 Å². The van der Waals surface area contributed by atoms with Crippen molar-refractivity contribution in [1.29, 1.82) is 0 Å². The first-order valence-corrected chi connectivity index (χ1v) is 10.2. The summed E-state index contributed by atoms with van der Waals surface area (Å²) >= 11 is 1.75. The number of hydrogen-bond donors (Lipinski definition) is 1. The lowest BCUT2D eigenvalue weighted by molar-refractivity contribution is 0.261. The standard InChI is InChI=1S/C21H26N4OS/c1-13-17-20(22-2)23-19(15-5-6-15)24-21(17)27-18(13)14-7-9-16(10-8-14)26-12-11-25(3)4/h7-10,15H,5-6,11-12H2,1-4H3,(H,22,23,24). The van der Waals surface area contributed by atoms with Crippen LogP contribution in [0.3, 0.4) is 0 Å². The molecule has 1 aromatic carbocycles. The van der Waals surface area contributed by atoms with Gasteiger partial charge in [0.15, 0.2) is 0 Å². The van der Waals surface area contributed by atoms with Crippen LogP contribution in [0.15, 0.2) is 24.3 Å². The van der Waals surface area contributed by atoms with Crippen LogP contribution < -0.4 is 10.1 Å². The van der Waals surface area contributed by atoms with Crippen LogP contribution in [0.5, 0.6) is 5.75 Å². The predicted molar refractivity (Wildman–Crippen MR) is 113 cm³/mol. The molecule has 2 heterocycles. The Morgan fingerprint density at radius 1 is 1.19 bits per heavy atom. The van der Waals surface area contributed by atoms with E-state index >= 15 is 0 Å². The van der Waals surface area contributed by atoms with Gasteiger partial charge in [-0.3, -0.25) is 0 Å². The molecule has 2 aromatic heterocycles. The molecule has 1 N–H and O–H groups in total. The third-order valence-electron chi connectivity index (χ3n) is 4.91. The number of aromatic nitrogens is 2. The van der Waals surface area contributed by atoms with E-state index in [4.69, 9.17) is 14.7 Å². The van der Waals surface area contributed by atoms with Crippen LogP contribution in [0.2, 0.25) is 0 Å². The number of rotatable bonds is 7. The summed E-state index contributed by atoms with van der Waals surface area (Å²) in [5.74, 6) is 3.40. The van der Waals surface area contributed by atoms with E-state index in [1.807, 2.05) is 21.1 Å². The zero-order valence-corrected chi connectivity index (χ0v) is 17.2. The normalized spacial score (nSPS) is 14.1. The zero-order valence-electron chi connectivity index (χ0n) is 16.4. The van der Waals surface area contributed by atoms with E-state index in [9.17, 15) is 0 Å². The lowest BCUT2D eigenvalue weighted by Crippen LogP contribution is -2.19. The topological polar surface area (TPSA) is 50.3 Å². The predicted octanol–water partition coefficient (Wildman–Crippen LogP) is 4.53. The average Bonchev–Trinajstić information content (AvgIpc) is 3.46. The fourth-order valence-electron chi connectivity index (χ4n) is 3.18. The molecule has 27 heavy (non-hydrogen) atoms. The number of fused-ring (bicyclic) bond motifs is 1. The van der Waals surface area contributed by atoms with Gasteiger partial charge in [0.05, 0.1) is 5.39 Å². The highest BCUT2D eigenvalue weighted by Crippen LogP contribution is 2.44. The SMILES string of the molecule is CNc1nc(C2CC2)nc2sc(-c3ccc(OCCN(C)C)cc3)c(C)c12. The molecular weight excluding hydrogens is 356 g/mol. The molecule has 0 atom stereocenters. The quantitative estimate of drug-likeness (QED) is 0.651. The third-order valence-corrected chi connectivity index (χ3v) is 6.15. The van der Waals surface area contributed by atoms with Crippen molar-refractivity contribution < 1.29 is 4.74 Å². The molecule has 4 rings (SSSR count). The second kappa shape index (κ2) is 7.44. The van der Waals surface area contributed by atoms with Crippen molar-refractivity contribution in [3.63, 3.8) is 0 Å². The number of aryl methyl sites for hydroxylation is 1. The van der Waals surface area contributed by atoms with Gasteiger partial charge in [-0.25, -0.2) is 9.97 Å². The van der Waals surface area contributed by atoms with E-state index in [2.05, 4.69) is 41.4 Å². The van der Waals surface area contributed by atoms with Crippen molar-refractivity contribution in [3.05, 3.63) is 35.7 Å². The molecular formula is C21H26N4OS. The molecule has 6 heteroatoms. The van der Waals surface area contributed by atoms with Crippen molar-refractivity contribution in [2.75, 3.05) is 39.6 Å². The molecule has 3 aromatic rings. The Balaban J connectivity index is 1.64. The van der Waals surface area contributed by atoms with Crippen molar-refractivity contribution in [3.8, 4) is 16.2 Å². The van der Waals surface area contributed by atoms with Gasteiger partial charge in [-0.05, 0) is 69.3 Å². The monoisotopic (exact) mass is 382 g/mol. The Hall–Kier alpha value is -2.18. The van der Waals surface area contributed by atoms with Gasteiger partial charge >= 0.3 is 0 Å². The van der Waals surface area contributed by atoms with Crippen LogP contribution in [0.25, 0.3) is 20.7 Å². The Labute approximate surface area is 164 Å². The Bertz CT molecular complexity index is 945. The maximum absolute atomic E-state index is 5.81. The molecule has 0 spiro atoms. The fraction of sp³-hybridized carbons (Fsp3) is 0.429. The molecule has 1 fully saturated rings. The van der Waals surface area contributed by atoms with Crippen molar-refractivity contribution in [2.24, 2.45) is 0 Å². The molecule has 1 saturated carbocycles. The molecule has 0 radical (unpaired) electrons. The summed E-state index contributed by atoms with van der Waals surface area (Å²) in [4.78, 5) is 14.1. The Morgan fingerprint density at radius 3 is 2.56 bits per heavy atom. The van der Waals surface area contributed by atoms with E-state index in [1.165, 1.54) is 28.8 Å². The van der Waals surface area contributed by atoms with E-state index < -0.39 is 0 Å². The number of thiophene rings is 1. The maximum Gasteiger partial charge on any atom is 0.138 e. The molecule has 5 nitrogen and oxygen atoms in total. The summed E-state index contributed by atoms with van der Waals surface area (Å²) in [5, 5.41) is 4.42. The smallest absolute Gasteiger partial charge is 0.138 e. The van der Waals surface area contributed by atoms with Gasteiger partial charge < -0.3 is 15.0 Å². The van der Waals surface area contributed by atoms with Crippen molar-refractivity contribution >= 4 is 27.4 Å². The van der Waals surface area contributed by atoms with Gasteiger partial charge in [0.2, 0.25) is 0 Å². The number of ether oxygens (including phenoxy) is 1. The maximum atomic E-state index is 5.81. The van der Waals surface area contributed by atoms with Gasteiger partial charge in [0, 0.05) is 24.4 Å². The molecule has 1 aliphatic carbocycles. The molecule has 1 aliphatic rings. The van der Waals surface area contributed by atoms with Crippen LogP contribution in [0.1, 0.15) is 30.1 Å². The summed E-state index contributed by atoms with van der Waals surface area (Å²) in [6.07, 6.45) is 2.42. The van der Waals surface area contributed by atoms with E-state index in [-0.39, 0.29) is 0 Å². The summed E-state index contributed by atoms with van der Waals surface area (Å²) in [5.41, 5.74) is 2.44. The lowest BCUT2D eigenvalue weighted by Gasteiger charge is -2.11. The molecule has 0 bridgehead atoms. The number of nitrogens with one attached hydrogen (secondary N) is 1. The van der Waals surface area contributed by atoms with Crippen LogP contribution in [0, 0.1) is 6.92 Å². The summed E-state index contributed by atoms with van der Waals surface area (Å²) in [6.45, 7) is 3.77. The van der Waals surface area contributed by atoms with E-state index in [0.717, 1.165) is 34.2 Å². The second-order valence-corrected chi connectivity index (χ2v) is 8.37. The van der Waals surface area contributed by atoms with Crippen molar-refractivity contribution in [2.45, 2.75) is 25.7 Å². The van der Waals surface area contributed by atoms with Gasteiger partial charge in [-0.2, -0.15) is 0 Å². The van der Waals surface area contributed by atoms with Crippen LogP contribution in [0.4, 0.5) is 5.82 Å². The summed E-state index contributed by atoms with van der Waals surface area (Å²) in [6, 6.07) is 8.37. The molecule has 0 amide bonds. The van der Waals surface area contributed by atoms with Crippen molar-refractivity contribution in [1.82, 2.24) is 14.9 Å².